The number of imidazole rings is 1. The van der Waals surface area contributed by atoms with Gasteiger partial charge in [-0.15, -0.1) is 0 Å². The molecule has 2 aromatic heterocycles. The van der Waals surface area contributed by atoms with Crippen LogP contribution in [0.5, 0.6) is 5.75 Å². The number of anilines is 1. The lowest BCUT2D eigenvalue weighted by molar-refractivity contribution is 0.102. The van der Waals surface area contributed by atoms with Crippen molar-refractivity contribution in [2.24, 2.45) is 0 Å². The van der Waals surface area contributed by atoms with E-state index in [4.69, 9.17) is 4.74 Å². The van der Waals surface area contributed by atoms with Gasteiger partial charge in [0.2, 0.25) is 5.78 Å². The molecule has 1 N–H and O–H groups in total. The van der Waals surface area contributed by atoms with Gasteiger partial charge in [-0.05, 0) is 55.3 Å². The second-order valence-corrected chi connectivity index (χ2v) is 7.16. The first-order chi connectivity index (χ1) is 14.6. The van der Waals surface area contributed by atoms with Crippen LogP contribution in [0.1, 0.15) is 35.7 Å². The largest absolute Gasteiger partial charge is 0.494 e. The monoisotopic (exact) mass is 400 g/mol. The zero-order valence-corrected chi connectivity index (χ0v) is 17.1. The number of amides is 1. The Labute approximate surface area is 175 Å². The Bertz CT molecular complexity index is 1130. The lowest BCUT2D eigenvalue weighted by atomic mass is 10.1. The highest BCUT2D eigenvalue weighted by molar-refractivity contribution is 6.05. The summed E-state index contributed by atoms with van der Waals surface area (Å²) in [5, 5.41) is 3.01. The quantitative estimate of drug-likeness (QED) is 0.436. The van der Waals surface area contributed by atoms with Gasteiger partial charge in [-0.3, -0.25) is 9.20 Å². The van der Waals surface area contributed by atoms with Crippen molar-refractivity contribution in [3.05, 3.63) is 78.2 Å². The molecular formula is C24H24N4O2. The highest BCUT2D eigenvalue weighted by atomic mass is 16.5. The molecule has 0 saturated carbocycles. The maximum absolute atomic E-state index is 12.7. The molecular weight excluding hydrogens is 376 g/mol. The van der Waals surface area contributed by atoms with Crippen LogP contribution in [-0.4, -0.2) is 26.9 Å². The van der Waals surface area contributed by atoms with Crippen molar-refractivity contribution in [1.29, 1.82) is 0 Å². The SMILES string of the molecule is CCCCOc1ccc(C(=O)Nc2cc(-c3cn4cccnc4n3)ccc2C)cc1. The zero-order valence-electron chi connectivity index (χ0n) is 17.1. The van der Waals surface area contributed by atoms with E-state index < -0.39 is 0 Å². The lowest BCUT2D eigenvalue weighted by Gasteiger charge is -2.11. The summed E-state index contributed by atoms with van der Waals surface area (Å²) < 4.78 is 7.54. The predicted molar refractivity (Wildman–Crippen MR) is 118 cm³/mol. The van der Waals surface area contributed by atoms with E-state index in [0.717, 1.165) is 41.1 Å². The lowest BCUT2D eigenvalue weighted by Crippen LogP contribution is -2.12. The molecule has 0 aliphatic carbocycles. The van der Waals surface area contributed by atoms with E-state index in [2.05, 4.69) is 22.2 Å². The third-order valence-corrected chi connectivity index (χ3v) is 4.90. The van der Waals surface area contributed by atoms with Crippen LogP contribution in [0.4, 0.5) is 5.69 Å². The summed E-state index contributed by atoms with van der Waals surface area (Å²) in [6.45, 7) is 4.78. The van der Waals surface area contributed by atoms with E-state index in [1.54, 1.807) is 18.3 Å². The molecule has 152 valence electrons. The number of ether oxygens (including phenoxy) is 1. The molecule has 4 rings (SSSR count). The van der Waals surface area contributed by atoms with Crippen molar-refractivity contribution in [3.8, 4) is 17.0 Å². The van der Waals surface area contributed by atoms with Crippen LogP contribution in [0, 0.1) is 6.92 Å². The Kier molecular flexibility index (Phi) is 5.75. The second kappa shape index (κ2) is 8.78. The highest BCUT2D eigenvalue weighted by Crippen LogP contribution is 2.25. The summed E-state index contributed by atoms with van der Waals surface area (Å²) in [4.78, 5) is 21.6. The molecule has 0 bridgehead atoms. The van der Waals surface area contributed by atoms with Crippen molar-refractivity contribution in [1.82, 2.24) is 14.4 Å². The fraction of sp³-hybridized carbons (Fsp3) is 0.208. The molecule has 2 heterocycles. The molecule has 0 atom stereocenters. The Morgan fingerprint density at radius 2 is 2.00 bits per heavy atom. The number of unbranched alkanes of at least 4 members (excludes halogenated alkanes) is 1. The summed E-state index contributed by atoms with van der Waals surface area (Å²) in [5.74, 6) is 1.26. The van der Waals surface area contributed by atoms with Gasteiger partial charge in [-0.1, -0.05) is 25.5 Å². The van der Waals surface area contributed by atoms with Crippen LogP contribution in [0.15, 0.2) is 67.1 Å². The first-order valence-electron chi connectivity index (χ1n) is 10.1. The minimum Gasteiger partial charge on any atom is -0.494 e. The zero-order chi connectivity index (χ0) is 20.9. The van der Waals surface area contributed by atoms with Gasteiger partial charge < -0.3 is 10.1 Å². The average Bonchev–Trinajstić information content (AvgIpc) is 3.20. The van der Waals surface area contributed by atoms with Crippen LogP contribution >= 0.6 is 0 Å². The molecule has 6 heteroatoms. The first kappa shape index (κ1) is 19.6. The van der Waals surface area contributed by atoms with Crippen LogP contribution in [0.3, 0.4) is 0 Å². The van der Waals surface area contributed by atoms with Gasteiger partial charge in [-0.2, -0.15) is 0 Å². The summed E-state index contributed by atoms with van der Waals surface area (Å²) in [5.41, 5.74) is 4.04. The fourth-order valence-electron chi connectivity index (χ4n) is 3.12. The maximum atomic E-state index is 12.7. The molecule has 0 aliphatic heterocycles. The van der Waals surface area contributed by atoms with Gasteiger partial charge >= 0.3 is 0 Å². The Morgan fingerprint density at radius 3 is 2.77 bits per heavy atom. The normalized spacial score (nSPS) is 10.9. The molecule has 6 nitrogen and oxygen atoms in total. The molecule has 2 aromatic carbocycles. The van der Waals surface area contributed by atoms with Gasteiger partial charge in [0.15, 0.2) is 0 Å². The summed E-state index contributed by atoms with van der Waals surface area (Å²) in [6.07, 6.45) is 7.65. The number of nitrogens with one attached hydrogen (secondary N) is 1. The van der Waals surface area contributed by atoms with Crippen molar-refractivity contribution < 1.29 is 9.53 Å². The van der Waals surface area contributed by atoms with Gasteiger partial charge in [0.05, 0.1) is 12.3 Å². The number of rotatable bonds is 7. The van der Waals surface area contributed by atoms with E-state index in [9.17, 15) is 4.79 Å². The minimum absolute atomic E-state index is 0.160. The number of hydrogen-bond acceptors (Lipinski definition) is 4. The van der Waals surface area contributed by atoms with Crippen LogP contribution in [-0.2, 0) is 0 Å². The average molecular weight is 400 g/mol. The summed E-state index contributed by atoms with van der Waals surface area (Å²) in [7, 11) is 0. The number of carbonyl (C=O) groups is 1. The number of aryl methyl sites for hydroxylation is 1. The predicted octanol–water partition coefficient (Wildman–Crippen LogP) is 5.14. The highest BCUT2D eigenvalue weighted by Gasteiger charge is 2.11. The molecule has 30 heavy (non-hydrogen) atoms. The summed E-state index contributed by atoms with van der Waals surface area (Å²) >= 11 is 0. The number of nitrogens with zero attached hydrogens (tertiary/aromatic N) is 3. The Hall–Kier alpha value is -3.67. The first-order valence-corrected chi connectivity index (χ1v) is 10.1. The Morgan fingerprint density at radius 1 is 1.17 bits per heavy atom. The smallest absolute Gasteiger partial charge is 0.255 e. The number of aromatic nitrogens is 3. The number of benzene rings is 2. The fourth-order valence-corrected chi connectivity index (χ4v) is 3.12. The van der Waals surface area contributed by atoms with Crippen molar-refractivity contribution >= 4 is 17.4 Å². The van der Waals surface area contributed by atoms with E-state index in [0.29, 0.717) is 17.9 Å². The molecule has 0 aliphatic rings. The van der Waals surface area contributed by atoms with E-state index >= 15 is 0 Å². The van der Waals surface area contributed by atoms with Crippen molar-refractivity contribution in [2.45, 2.75) is 26.7 Å². The standard InChI is InChI=1S/C24H24N4O2/c1-3-4-14-30-20-10-8-18(9-11-20)23(29)26-21-15-19(7-6-17(21)2)22-16-28-13-5-12-25-24(28)27-22/h5-13,15-16H,3-4,14H2,1-2H3,(H,26,29). The molecule has 1 amide bonds. The van der Waals surface area contributed by atoms with Crippen molar-refractivity contribution in [3.63, 3.8) is 0 Å². The molecule has 0 fully saturated rings. The molecule has 0 unspecified atom stereocenters. The topological polar surface area (TPSA) is 68.5 Å². The number of fused-ring (bicyclic) bond motifs is 1. The van der Waals surface area contributed by atoms with Gasteiger partial charge in [0, 0.05) is 35.4 Å². The maximum Gasteiger partial charge on any atom is 0.255 e. The van der Waals surface area contributed by atoms with Gasteiger partial charge in [-0.25, -0.2) is 9.97 Å². The van der Waals surface area contributed by atoms with E-state index in [-0.39, 0.29) is 5.91 Å². The molecule has 0 saturated heterocycles. The second-order valence-electron chi connectivity index (χ2n) is 7.16. The minimum atomic E-state index is -0.160. The molecule has 0 radical (unpaired) electrons. The third-order valence-electron chi connectivity index (χ3n) is 4.90. The summed E-state index contributed by atoms with van der Waals surface area (Å²) in [6, 6.07) is 15.0. The molecule has 4 aromatic rings. The van der Waals surface area contributed by atoms with E-state index in [1.165, 1.54) is 0 Å². The van der Waals surface area contributed by atoms with Crippen LogP contribution in [0.25, 0.3) is 17.0 Å². The van der Waals surface area contributed by atoms with E-state index in [1.807, 2.05) is 60.1 Å². The third kappa shape index (κ3) is 4.33. The van der Waals surface area contributed by atoms with Gasteiger partial charge in [0.25, 0.3) is 5.91 Å². The number of hydrogen-bond donors (Lipinski definition) is 1. The van der Waals surface area contributed by atoms with Gasteiger partial charge in [0.1, 0.15) is 5.75 Å². The van der Waals surface area contributed by atoms with Crippen LogP contribution in [0.2, 0.25) is 0 Å². The molecule has 0 spiro atoms. The number of carbonyl (C=O) groups excluding carboxylic acids is 1. The van der Waals surface area contributed by atoms with Crippen molar-refractivity contribution in [2.75, 3.05) is 11.9 Å². The Balaban J connectivity index is 1.51. The van der Waals surface area contributed by atoms with Crippen LogP contribution < -0.4 is 10.1 Å².